The molecule has 2 saturated heterocycles. The molecule has 0 bridgehead atoms. The van der Waals surface area contributed by atoms with Crippen molar-refractivity contribution in [1.29, 1.82) is 0 Å². The van der Waals surface area contributed by atoms with E-state index in [1.54, 1.807) is 11.3 Å². The first-order valence-corrected chi connectivity index (χ1v) is 8.61. The van der Waals surface area contributed by atoms with Crippen molar-refractivity contribution in [2.75, 3.05) is 44.3 Å². The van der Waals surface area contributed by atoms with Gasteiger partial charge in [0.25, 0.3) is 0 Å². The fraction of sp³-hybridized carbons (Fsp3) is 0.800. The second kappa shape index (κ2) is 6.41. The summed E-state index contributed by atoms with van der Waals surface area (Å²) in [6, 6.07) is 0.694. The first kappa shape index (κ1) is 14.3. The van der Waals surface area contributed by atoms with Crippen LogP contribution in [0.2, 0.25) is 0 Å². The molecular formula is C15H25N3OS. The largest absolute Gasteiger partial charge is 0.379 e. The number of hydrogen-bond acceptors (Lipinski definition) is 5. The minimum atomic E-state index is 0.694. The smallest absolute Gasteiger partial charge is 0.185 e. The summed E-state index contributed by atoms with van der Waals surface area (Å²) in [4.78, 5) is 9.68. The highest BCUT2D eigenvalue weighted by molar-refractivity contribution is 7.13. The molecule has 112 valence electrons. The lowest BCUT2D eigenvalue weighted by molar-refractivity contribution is 0.00449. The molecule has 5 heteroatoms. The zero-order valence-corrected chi connectivity index (χ0v) is 13.4. The Kier molecular flexibility index (Phi) is 4.58. The molecule has 0 radical (unpaired) electrons. The predicted molar refractivity (Wildman–Crippen MR) is 83.6 cm³/mol. The molecule has 2 aliphatic rings. The Morgan fingerprint density at radius 2 is 1.95 bits per heavy atom. The highest BCUT2D eigenvalue weighted by Crippen LogP contribution is 2.29. The van der Waals surface area contributed by atoms with Crippen LogP contribution in [0.15, 0.2) is 5.38 Å². The molecule has 1 atom stereocenters. The molecule has 2 fully saturated rings. The number of hydrogen-bond donors (Lipinski definition) is 0. The molecule has 0 unspecified atom stereocenters. The Labute approximate surface area is 125 Å². The summed E-state index contributed by atoms with van der Waals surface area (Å²) in [7, 11) is 0. The minimum Gasteiger partial charge on any atom is -0.379 e. The predicted octanol–water partition coefficient (Wildman–Crippen LogP) is 2.39. The fourth-order valence-electron chi connectivity index (χ4n) is 3.34. The van der Waals surface area contributed by atoms with E-state index in [0.29, 0.717) is 6.04 Å². The van der Waals surface area contributed by atoms with Gasteiger partial charge in [-0.05, 0) is 32.6 Å². The van der Waals surface area contributed by atoms with Crippen molar-refractivity contribution in [3.63, 3.8) is 0 Å². The summed E-state index contributed by atoms with van der Waals surface area (Å²) >= 11 is 1.78. The first-order chi connectivity index (χ1) is 9.74. The van der Waals surface area contributed by atoms with Crippen LogP contribution < -0.4 is 4.90 Å². The van der Waals surface area contributed by atoms with Crippen LogP contribution in [-0.4, -0.2) is 55.3 Å². The van der Waals surface area contributed by atoms with Crippen LogP contribution in [0.25, 0.3) is 0 Å². The average Bonchev–Trinajstić information content (AvgIpc) is 2.94. The second-order valence-electron chi connectivity index (χ2n) is 5.98. The van der Waals surface area contributed by atoms with Gasteiger partial charge in [0.05, 0.1) is 18.9 Å². The fourth-order valence-corrected chi connectivity index (χ4v) is 4.20. The van der Waals surface area contributed by atoms with E-state index in [9.17, 15) is 0 Å². The van der Waals surface area contributed by atoms with E-state index in [-0.39, 0.29) is 0 Å². The van der Waals surface area contributed by atoms with Crippen molar-refractivity contribution >= 4 is 16.5 Å². The van der Waals surface area contributed by atoms with Gasteiger partial charge >= 0.3 is 0 Å². The first-order valence-electron chi connectivity index (χ1n) is 7.73. The molecule has 20 heavy (non-hydrogen) atoms. The summed E-state index contributed by atoms with van der Waals surface area (Å²) in [5.74, 6) is 0.824. The van der Waals surface area contributed by atoms with E-state index >= 15 is 0 Å². The van der Waals surface area contributed by atoms with E-state index in [4.69, 9.17) is 4.74 Å². The summed E-state index contributed by atoms with van der Waals surface area (Å²) in [6.45, 7) is 10.8. The maximum absolute atomic E-state index is 5.46. The van der Waals surface area contributed by atoms with Crippen LogP contribution in [0.3, 0.4) is 0 Å². The molecule has 0 N–H and O–H groups in total. The maximum Gasteiger partial charge on any atom is 0.185 e. The Bertz CT molecular complexity index is 423. The van der Waals surface area contributed by atoms with Gasteiger partial charge in [0.2, 0.25) is 0 Å². The maximum atomic E-state index is 5.46. The molecule has 1 aromatic rings. The van der Waals surface area contributed by atoms with Crippen LogP contribution >= 0.6 is 11.3 Å². The number of piperidine rings is 1. The molecule has 4 nitrogen and oxygen atoms in total. The molecule has 3 rings (SSSR count). The monoisotopic (exact) mass is 295 g/mol. The van der Waals surface area contributed by atoms with Gasteiger partial charge < -0.3 is 9.64 Å². The summed E-state index contributed by atoms with van der Waals surface area (Å²) in [5, 5.41) is 3.36. The number of aromatic nitrogens is 1. The van der Waals surface area contributed by atoms with Gasteiger partial charge in [-0.3, -0.25) is 4.90 Å². The molecule has 3 heterocycles. The van der Waals surface area contributed by atoms with E-state index in [2.05, 4.69) is 34.0 Å². The van der Waals surface area contributed by atoms with Crippen LogP contribution in [0.1, 0.15) is 25.5 Å². The molecule has 1 aromatic heterocycles. The lowest BCUT2D eigenvalue weighted by atomic mass is 9.89. The minimum absolute atomic E-state index is 0.694. The van der Waals surface area contributed by atoms with Gasteiger partial charge in [-0.1, -0.05) is 0 Å². The SMILES string of the molecule is Cc1csc(N2CCC([C@@H](C)N3CCOCC3)CC2)n1. The Hall–Kier alpha value is -0.650. The van der Waals surface area contributed by atoms with E-state index in [1.807, 2.05) is 0 Å². The van der Waals surface area contributed by atoms with Crippen molar-refractivity contribution in [2.45, 2.75) is 32.7 Å². The topological polar surface area (TPSA) is 28.6 Å². The molecule has 0 spiro atoms. The zero-order valence-electron chi connectivity index (χ0n) is 12.5. The molecule has 0 aromatic carbocycles. The molecule has 2 aliphatic heterocycles. The van der Waals surface area contributed by atoms with Crippen molar-refractivity contribution in [3.8, 4) is 0 Å². The van der Waals surface area contributed by atoms with Gasteiger partial charge in [-0.2, -0.15) is 0 Å². The van der Waals surface area contributed by atoms with Gasteiger partial charge in [-0.25, -0.2) is 4.98 Å². The second-order valence-corrected chi connectivity index (χ2v) is 6.82. The Morgan fingerprint density at radius 1 is 1.25 bits per heavy atom. The Morgan fingerprint density at radius 3 is 2.55 bits per heavy atom. The molecular weight excluding hydrogens is 270 g/mol. The van der Waals surface area contributed by atoms with Gasteiger partial charge in [0, 0.05) is 37.6 Å². The highest BCUT2D eigenvalue weighted by Gasteiger charge is 2.29. The lowest BCUT2D eigenvalue weighted by Crippen LogP contribution is -2.48. The third-order valence-electron chi connectivity index (χ3n) is 4.72. The third kappa shape index (κ3) is 3.15. The molecule has 0 amide bonds. The number of nitrogens with zero attached hydrogens (tertiary/aromatic N) is 3. The van der Waals surface area contributed by atoms with Gasteiger partial charge in [-0.15, -0.1) is 11.3 Å². The number of anilines is 1. The zero-order chi connectivity index (χ0) is 13.9. The summed E-state index contributed by atoms with van der Waals surface area (Å²) in [6.07, 6.45) is 2.58. The van der Waals surface area contributed by atoms with Crippen molar-refractivity contribution in [2.24, 2.45) is 5.92 Å². The van der Waals surface area contributed by atoms with E-state index < -0.39 is 0 Å². The third-order valence-corrected chi connectivity index (χ3v) is 5.74. The van der Waals surface area contributed by atoms with Crippen LogP contribution in [0, 0.1) is 12.8 Å². The van der Waals surface area contributed by atoms with Crippen molar-refractivity contribution < 1.29 is 4.74 Å². The number of aryl methyl sites for hydroxylation is 1. The molecule has 0 aliphatic carbocycles. The number of rotatable bonds is 3. The summed E-state index contributed by atoms with van der Waals surface area (Å²) in [5.41, 5.74) is 1.15. The molecule has 0 saturated carbocycles. The quantitative estimate of drug-likeness (QED) is 0.856. The van der Waals surface area contributed by atoms with E-state index in [1.165, 1.54) is 18.0 Å². The standard InChI is InChI=1S/C15H25N3OS/c1-12-11-20-15(16-12)18-5-3-14(4-6-18)13(2)17-7-9-19-10-8-17/h11,13-14H,3-10H2,1-2H3/t13-/m1/s1. The van der Waals surface area contributed by atoms with Gasteiger partial charge in [0.1, 0.15) is 0 Å². The van der Waals surface area contributed by atoms with E-state index in [0.717, 1.165) is 51.0 Å². The van der Waals surface area contributed by atoms with Crippen LogP contribution in [0.4, 0.5) is 5.13 Å². The lowest BCUT2D eigenvalue weighted by Gasteiger charge is -2.41. The highest BCUT2D eigenvalue weighted by atomic mass is 32.1. The van der Waals surface area contributed by atoms with Gasteiger partial charge in [0.15, 0.2) is 5.13 Å². The Balaban J connectivity index is 1.52. The van der Waals surface area contributed by atoms with Crippen LogP contribution in [-0.2, 0) is 4.74 Å². The van der Waals surface area contributed by atoms with Crippen molar-refractivity contribution in [3.05, 3.63) is 11.1 Å². The summed E-state index contributed by atoms with van der Waals surface area (Å²) < 4.78 is 5.46. The van der Waals surface area contributed by atoms with Crippen molar-refractivity contribution in [1.82, 2.24) is 9.88 Å². The average molecular weight is 295 g/mol. The normalized spacial score (nSPS) is 24.0. The number of ether oxygens (including phenoxy) is 1. The number of morpholine rings is 1. The van der Waals surface area contributed by atoms with Crippen LogP contribution in [0.5, 0.6) is 0 Å². The number of thiazole rings is 1.